The third-order valence-corrected chi connectivity index (χ3v) is 4.25. The van der Waals surface area contributed by atoms with Gasteiger partial charge in [-0.05, 0) is 26.0 Å². The highest BCUT2D eigenvalue weighted by atomic mass is 32.1. The highest BCUT2D eigenvalue weighted by Crippen LogP contribution is 2.32. The minimum absolute atomic E-state index is 0.139. The number of nitriles is 1. The standard InChI is InChI=1S/C17H16N2O4S/c1-3-22-17(21)14-13(12(8-18)15(19)24-14)9-23-16(20)11-6-4-5-10(2)7-11/h4-7H,3,9,19H2,1-2H3. The summed E-state index contributed by atoms with van der Waals surface area (Å²) >= 11 is 0.953. The van der Waals surface area contributed by atoms with Crippen molar-refractivity contribution in [2.75, 3.05) is 12.3 Å². The molecule has 6 nitrogen and oxygen atoms in total. The lowest BCUT2D eigenvalue weighted by molar-refractivity contribution is 0.0452. The molecule has 7 heteroatoms. The second kappa shape index (κ2) is 7.62. The van der Waals surface area contributed by atoms with Crippen molar-refractivity contribution in [2.24, 2.45) is 0 Å². The van der Waals surface area contributed by atoms with Crippen molar-refractivity contribution >= 4 is 28.3 Å². The summed E-state index contributed by atoms with van der Waals surface area (Å²) in [6.07, 6.45) is 0. The van der Waals surface area contributed by atoms with Gasteiger partial charge in [0.15, 0.2) is 0 Å². The van der Waals surface area contributed by atoms with Crippen LogP contribution in [0.25, 0.3) is 0 Å². The smallest absolute Gasteiger partial charge is 0.348 e. The Morgan fingerprint density at radius 3 is 2.67 bits per heavy atom. The van der Waals surface area contributed by atoms with Crippen LogP contribution in [-0.2, 0) is 16.1 Å². The molecule has 0 aliphatic rings. The number of anilines is 1. The fraction of sp³-hybridized carbons (Fsp3) is 0.235. The fourth-order valence-electron chi connectivity index (χ4n) is 2.10. The second-order valence-corrected chi connectivity index (χ2v) is 5.98. The van der Waals surface area contributed by atoms with E-state index in [0.717, 1.165) is 16.9 Å². The molecule has 0 bridgehead atoms. The lowest BCUT2D eigenvalue weighted by Crippen LogP contribution is -2.10. The largest absolute Gasteiger partial charge is 0.462 e. The molecule has 2 rings (SSSR count). The SMILES string of the molecule is CCOC(=O)c1sc(N)c(C#N)c1COC(=O)c1cccc(C)c1. The maximum atomic E-state index is 12.1. The summed E-state index contributed by atoms with van der Waals surface area (Å²) in [4.78, 5) is 24.3. The molecular formula is C17H16N2O4S. The number of nitrogens with two attached hydrogens (primary N) is 1. The minimum Gasteiger partial charge on any atom is -0.462 e. The van der Waals surface area contributed by atoms with E-state index in [1.54, 1.807) is 25.1 Å². The van der Waals surface area contributed by atoms with E-state index in [9.17, 15) is 14.9 Å². The van der Waals surface area contributed by atoms with Crippen molar-refractivity contribution in [1.82, 2.24) is 0 Å². The Kier molecular flexibility index (Phi) is 5.55. The van der Waals surface area contributed by atoms with Crippen LogP contribution >= 0.6 is 11.3 Å². The average Bonchev–Trinajstić information content (AvgIpc) is 2.88. The predicted octanol–water partition coefficient (Wildman–Crippen LogP) is 3.04. The van der Waals surface area contributed by atoms with Crippen LogP contribution in [0.4, 0.5) is 5.00 Å². The van der Waals surface area contributed by atoms with Crippen molar-refractivity contribution in [2.45, 2.75) is 20.5 Å². The van der Waals surface area contributed by atoms with Gasteiger partial charge in [0.1, 0.15) is 22.6 Å². The van der Waals surface area contributed by atoms with Gasteiger partial charge in [0.25, 0.3) is 0 Å². The Labute approximate surface area is 143 Å². The summed E-state index contributed by atoms with van der Waals surface area (Å²) in [7, 11) is 0. The summed E-state index contributed by atoms with van der Waals surface area (Å²) in [5.41, 5.74) is 7.51. The third kappa shape index (κ3) is 3.73. The van der Waals surface area contributed by atoms with E-state index in [1.165, 1.54) is 0 Å². The molecule has 24 heavy (non-hydrogen) atoms. The number of rotatable bonds is 5. The number of carbonyl (C=O) groups is 2. The van der Waals surface area contributed by atoms with E-state index in [1.807, 2.05) is 19.1 Å². The Balaban J connectivity index is 2.24. The number of ether oxygens (including phenoxy) is 2. The lowest BCUT2D eigenvalue weighted by atomic mass is 10.1. The molecule has 1 aromatic carbocycles. The topological polar surface area (TPSA) is 102 Å². The van der Waals surface area contributed by atoms with E-state index in [2.05, 4.69) is 0 Å². The van der Waals surface area contributed by atoms with Crippen LogP contribution in [0.15, 0.2) is 24.3 Å². The summed E-state index contributed by atoms with van der Waals surface area (Å²) in [5, 5.41) is 9.42. The number of benzene rings is 1. The maximum Gasteiger partial charge on any atom is 0.348 e. The molecule has 0 spiro atoms. The molecule has 2 aromatic rings. The van der Waals surface area contributed by atoms with E-state index < -0.39 is 11.9 Å². The van der Waals surface area contributed by atoms with Gasteiger partial charge in [-0.2, -0.15) is 5.26 Å². The fourth-order valence-corrected chi connectivity index (χ4v) is 3.02. The molecule has 0 radical (unpaired) electrons. The Bertz CT molecular complexity index is 820. The summed E-state index contributed by atoms with van der Waals surface area (Å²) in [6.45, 7) is 3.51. The Hall–Kier alpha value is -2.85. The molecule has 1 aromatic heterocycles. The van der Waals surface area contributed by atoms with Crippen molar-refractivity contribution < 1.29 is 19.1 Å². The van der Waals surface area contributed by atoms with E-state index >= 15 is 0 Å². The zero-order valence-corrected chi connectivity index (χ0v) is 14.1. The lowest BCUT2D eigenvalue weighted by Gasteiger charge is -2.07. The molecule has 0 aliphatic heterocycles. The van der Waals surface area contributed by atoms with Crippen LogP contribution in [0.2, 0.25) is 0 Å². The molecule has 0 aliphatic carbocycles. The molecule has 0 amide bonds. The average molecular weight is 344 g/mol. The highest BCUT2D eigenvalue weighted by Gasteiger charge is 2.24. The zero-order chi connectivity index (χ0) is 17.7. The number of hydrogen-bond acceptors (Lipinski definition) is 7. The summed E-state index contributed by atoms with van der Waals surface area (Å²) in [5.74, 6) is -1.13. The van der Waals surface area contributed by atoms with Crippen LogP contribution in [0.5, 0.6) is 0 Å². The van der Waals surface area contributed by atoms with Crippen LogP contribution < -0.4 is 5.73 Å². The van der Waals surface area contributed by atoms with Crippen molar-refractivity contribution in [3.8, 4) is 6.07 Å². The number of thiophene rings is 1. The van der Waals surface area contributed by atoms with Crippen molar-refractivity contribution in [3.63, 3.8) is 0 Å². The third-order valence-electron chi connectivity index (χ3n) is 3.21. The quantitative estimate of drug-likeness (QED) is 0.836. The monoisotopic (exact) mass is 344 g/mol. The second-order valence-electron chi connectivity index (χ2n) is 4.93. The number of aryl methyl sites for hydroxylation is 1. The molecule has 0 saturated heterocycles. The number of nitrogen functional groups attached to an aromatic ring is 1. The van der Waals surface area contributed by atoms with E-state index in [-0.39, 0.29) is 34.2 Å². The van der Waals surface area contributed by atoms with Crippen molar-refractivity contribution in [1.29, 1.82) is 5.26 Å². The van der Waals surface area contributed by atoms with Crippen LogP contribution in [-0.4, -0.2) is 18.5 Å². The molecule has 0 unspecified atom stereocenters. The van der Waals surface area contributed by atoms with Gasteiger partial charge in [-0.1, -0.05) is 17.7 Å². The molecule has 0 fully saturated rings. The molecule has 0 saturated carbocycles. The maximum absolute atomic E-state index is 12.1. The van der Waals surface area contributed by atoms with Gasteiger partial charge in [0.05, 0.1) is 17.7 Å². The van der Waals surface area contributed by atoms with Gasteiger partial charge < -0.3 is 15.2 Å². The number of hydrogen-bond donors (Lipinski definition) is 1. The zero-order valence-electron chi connectivity index (χ0n) is 13.3. The van der Waals surface area contributed by atoms with Gasteiger partial charge >= 0.3 is 11.9 Å². The van der Waals surface area contributed by atoms with Gasteiger partial charge in [0, 0.05) is 5.56 Å². The molecule has 2 N–H and O–H groups in total. The van der Waals surface area contributed by atoms with E-state index in [4.69, 9.17) is 15.2 Å². The van der Waals surface area contributed by atoms with Gasteiger partial charge in [0.2, 0.25) is 0 Å². The first-order valence-corrected chi connectivity index (χ1v) is 8.01. The van der Waals surface area contributed by atoms with Gasteiger partial charge in [-0.25, -0.2) is 9.59 Å². The van der Waals surface area contributed by atoms with Crippen molar-refractivity contribution in [3.05, 3.63) is 51.4 Å². The first-order chi connectivity index (χ1) is 11.5. The minimum atomic E-state index is -0.586. The number of nitrogens with zero attached hydrogens (tertiary/aromatic N) is 1. The number of carbonyl (C=O) groups excluding carboxylic acids is 2. The molecular weight excluding hydrogens is 328 g/mol. The Morgan fingerprint density at radius 2 is 2.04 bits per heavy atom. The Morgan fingerprint density at radius 1 is 1.29 bits per heavy atom. The molecule has 124 valence electrons. The normalized spacial score (nSPS) is 10.0. The first kappa shape index (κ1) is 17.5. The van der Waals surface area contributed by atoms with E-state index in [0.29, 0.717) is 5.56 Å². The molecule has 1 heterocycles. The van der Waals surface area contributed by atoms with Gasteiger partial charge in [-0.3, -0.25) is 0 Å². The first-order valence-electron chi connectivity index (χ1n) is 7.20. The van der Waals surface area contributed by atoms with Crippen LogP contribution in [0.3, 0.4) is 0 Å². The number of esters is 2. The van der Waals surface area contributed by atoms with Gasteiger partial charge in [-0.15, -0.1) is 11.3 Å². The summed E-state index contributed by atoms with van der Waals surface area (Å²) in [6, 6.07) is 8.88. The van der Waals surface area contributed by atoms with Crippen LogP contribution in [0.1, 0.15) is 43.6 Å². The molecule has 0 atom stereocenters. The van der Waals surface area contributed by atoms with Crippen LogP contribution in [0, 0.1) is 18.3 Å². The highest BCUT2D eigenvalue weighted by molar-refractivity contribution is 7.18. The predicted molar refractivity (Wildman–Crippen MR) is 89.7 cm³/mol. The summed E-state index contributed by atoms with van der Waals surface area (Å²) < 4.78 is 10.2.